The van der Waals surface area contributed by atoms with Crippen molar-refractivity contribution in [2.75, 3.05) is 19.8 Å². The van der Waals surface area contributed by atoms with Gasteiger partial charge in [0.2, 0.25) is 0 Å². The zero-order chi connectivity index (χ0) is 11.8. The maximum atomic E-state index is 9.72. The van der Waals surface area contributed by atoms with Gasteiger partial charge >= 0.3 is 0 Å². The van der Waals surface area contributed by atoms with E-state index in [4.69, 9.17) is 10.2 Å². The number of aliphatic hydroxyl groups is 3. The Bertz CT molecular complexity index is 275. The Morgan fingerprint density at radius 3 is 2.25 bits per heavy atom. The van der Waals surface area contributed by atoms with Crippen molar-refractivity contribution in [3.63, 3.8) is 0 Å². The second-order valence-corrected chi connectivity index (χ2v) is 3.81. The number of benzene rings is 1. The highest BCUT2D eigenvalue weighted by atomic mass is 16.3. The van der Waals surface area contributed by atoms with Gasteiger partial charge in [-0.15, -0.1) is 0 Å². The fraction of sp³-hybridized carbons (Fsp3) is 0.500. The smallest absolute Gasteiger partial charge is 0.0704 e. The van der Waals surface area contributed by atoms with Gasteiger partial charge in [-0.2, -0.15) is 0 Å². The van der Waals surface area contributed by atoms with E-state index in [0.717, 1.165) is 5.56 Å². The van der Waals surface area contributed by atoms with Gasteiger partial charge in [0.05, 0.1) is 25.4 Å². The molecular weight excluding hydrogens is 206 g/mol. The lowest BCUT2D eigenvalue weighted by Gasteiger charge is -2.16. The minimum atomic E-state index is -0.511. The molecule has 0 aliphatic carbocycles. The van der Waals surface area contributed by atoms with E-state index >= 15 is 0 Å². The third kappa shape index (κ3) is 4.72. The number of hydrogen-bond donors (Lipinski definition) is 4. The SMILES string of the molecule is OCC(CO)NC[C@H](O)Cc1ccccc1. The van der Waals surface area contributed by atoms with Gasteiger partial charge in [0.15, 0.2) is 0 Å². The first-order valence-corrected chi connectivity index (χ1v) is 5.43. The first-order chi connectivity index (χ1) is 7.76. The number of nitrogens with one attached hydrogen (secondary N) is 1. The molecule has 0 spiro atoms. The molecule has 0 fully saturated rings. The lowest BCUT2D eigenvalue weighted by Crippen LogP contribution is -2.40. The van der Waals surface area contributed by atoms with Crippen molar-refractivity contribution in [2.24, 2.45) is 0 Å². The van der Waals surface area contributed by atoms with Crippen LogP contribution >= 0.6 is 0 Å². The molecule has 0 heterocycles. The van der Waals surface area contributed by atoms with Crippen LogP contribution in [0.2, 0.25) is 0 Å². The van der Waals surface area contributed by atoms with Crippen molar-refractivity contribution in [3.8, 4) is 0 Å². The Balaban J connectivity index is 2.28. The Morgan fingerprint density at radius 2 is 1.69 bits per heavy atom. The van der Waals surface area contributed by atoms with Crippen LogP contribution in [0.25, 0.3) is 0 Å². The van der Waals surface area contributed by atoms with Gasteiger partial charge in [-0.3, -0.25) is 0 Å². The molecule has 0 aliphatic rings. The summed E-state index contributed by atoms with van der Waals surface area (Å²) < 4.78 is 0. The highest BCUT2D eigenvalue weighted by Gasteiger charge is 2.09. The molecule has 0 aliphatic heterocycles. The van der Waals surface area contributed by atoms with Crippen molar-refractivity contribution in [1.82, 2.24) is 5.32 Å². The number of rotatable bonds is 7. The van der Waals surface area contributed by atoms with E-state index in [-0.39, 0.29) is 19.3 Å². The second kappa shape index (κ2) is 7.35. The summed E-state index contributed by atoms with van der Waals surface area (Å²) in [7, 11) is 0. The van der Waals surface area contributed by atoms with Crippen LogP contribution in [-0.2, 0) is 6.42 Å². The van der Waals surface area contributed by atoms with Crippen molar-refractivity contribution in [2.45, 2.75) is 18.6 Å². The summed E-state index contributed by atoms with van der Waals surface area (Å²) in [6.45, 7) is 0.101. The number of aliphatic hydroxyl groups excluding tert-OH is 3. The maximum Gasteiger partial charge on any atom is 0.0704 e. The summed E-state index contributed by atoms with van der Waals surface area (Å²) >= 11 is 0. The van der Waals surface area contributed by atoms with Gasteiger partial charge in [0.1, 0.15) is 0 Å². The molecule has 0 bridgehead atoms. The van der Waals surface area contributed by atoms with Crippen LogP contribution in [-0.4, -0.2) is 47.2 Å². The van der Waals surface area contributed by atoms with Gasteiger partial charge in [-0.1, -0.05) is 30.3 Å². The monoisotopic (exact) mass is 225 g/mol. The lowest BCUT2D eigenvalue weighted by atomic mass is 10.1. The minimum absolute atomic E-state index is 0.130. The molecule has 4 N–H and O–H groups in total. The molecule has 1 aromatic rings. The summed E-state index contributed by atoms with van der Waals surface area (Å²) in [5.74, 6) is 0. The Hall–Kier alpha value is -0.940. The summed E-state index contributed by atoms with van der Waals surface area (Å²) in [4.78, 5) is 0. The zero-order valence-electron chi connectivity index (χ0n) is 9.21. The van der Waals surface area contributed by atoms with Crippen LogP contribution in [0.3, 0.4) is 0 Å². The molecule has 1 atom stereocenters. The maximum absolute atomic E-state index is 9.72. The highest BCUT2D eigenvalue weighted by Crippen LogP contribution is 2.02. The van der Waals surface area contributed by atoms with E-state index in [1.165, 1.54) is 0 Å². The molecule has 90 valence electrons. The highest BCUT2D eigenvalue weighted by molar-refractivity contribution is 5.15. The molecule has 0 radical (unpaired) electrons. The summed E-state index contributed by atoms with van der Waals surface area (Å²) in [6, 6.07) is 9.35. The molecule has 0 aromatic heterocycles. The minimum Gasteiger partial charge on any atom is -0.395 e. The van der Waals surface area contributed by atoms with Crippen LogP contribution in [0.1, 0.15) is 5.56 Å². The Labute approximate surface area is 95.6 Å². The summed E-state index contributed by atoms with van der Waals surface area (Å²) in [5, 5.41) is 30.3. The van der Waals surface area contributed by atoms with Crippen LogP contribution in [0.4, 0.5) is 0 Å². The quantitative estimate of drug-likeness (QED) is 0.506. The fourth-order valence-corrected chi connectivity index (χ4v) is 1.45. The first-order valence-electron chi connectivity index (χ1n) is 5.43. The fourth-order valence-electron chi connectivity index (χ4n) is 1.45. The molecule has 4 nitrogen and oxygen atoms in total. The molecule has 1 rings (SSSR count). The van der Waals surface area contributed by atoms with Gasteiger partial charge < -0.3 is 20.6 Å². The van der Waals surface area contributed by atoms with Crippen LogP contribution in [0.15, 0.2) is 30.3 Å². The largest absolute Gasteiger partial charge is 0.395 e. The predicted molar refractivity (Wildman–Crippen MR) is 62.1 cm³/mol. The van der Waals surface area contributed by atoms with Gasteiger partial charge in [-0.25, -0.2) is 0 Å². The second-order valence-electron chi connectivity index (χ2n) is 3.81. The molecule has 1 aromatic carbocycles. The van der Waals surface area contributed by atoms with Crippen molar-refractivity contribution in [1.29, 1.82) is 0 Å². The molecule has 4 heteroatoms. The average molecular weight is 225 g/mol. The first kappa shape index (κ1) is 13.1. The van der Waals surface area contributed by atoms with E-state index in [2.05, 4.69) is 5.32 Å². The molecule has 0 amide bonds. The van der Waals surface area contributed by atoms with E-state index in [9.17, 15) is 5.11 Å². The van der Waals surface area contributed by atoms with Gasteiger partial charge in [0, 0.05) is 6.54 Å². The topological polar surface area (TPSA) is 72.7 Å². The van der Waals surface area contributed by atoms with Crippen LogP contribution in [0.5, 0.6) is 0 Å². The van der Waals surface area contributed by atoms with E-state index in [0.29, 0.717) is 13.0 Å². The Morgan fingerprint density at radius 1 is 1.06 bits per heavy atom. The lowest BCUT2D eigenvalue weighted by molar-refractivity contribution is 0.134. The van der Waals surface area contributed by atoms with E-state index in [1.807, 2.05) is 30.3 Å². The zero-order valence-corrected chi connectivity index (χ0v) is 9.21. The summed E-state index contributed by atoms with van der Waals surface area (Å²) in [6.07, 6.45) is 0.0558. The Kier molecular flexibility index (Phi) is 6.03. The number of hydrogen-bond acceptors (Lipinski definition) is 4. The van der Waals surface area contributed by atoms with Crippen LogP contribution < -0.4 is 5.32 Å². The van der Waals surface area contributed by atoms with Gasteiger partial charge in [-0.05, 0) is 12.0 Å². The molecule has 0 unspecified atom stereocenters. The molecule has 0 saturated carbocycles. The van der Waals surface area contributed by atoms with Gasteiger partial charge in [0.25, 0.3) is 0 Å². The molecule has 0 saturated heterocycles. The van der Waals surface area contributed by atoms with E-state index < -0.39 is 6.10 Å². The molecule has 16 heavy (non-hydrogen) atoms. The van der Waals surface area contributed by atoms with Crippen molar-refractivity contribution >= 4 is 0 Å². The summed E-state index contributed by atoms with van der Waals surface area (Å²) in [5.41, 5.74) is 1.07. The third-order valence-corrected chi connectivity index (χ3v) is 2.40. The normalized spacial score (nSPS) is 13.0. The van der Waals surface area contributed by atoms with Crippen LogP contribution in [0, 0.1) is 0 Å². The molecular formula is C12H19NO3. The predicted octanol–water partition coefficient (Wildman–Crippen LogP) is -0.467. The third-order valence-electron chi connectivity index (χ3n) is 2.40. The van der Waals surface area contributed by atoms with E-state index in [1.54, 1.807) is 0 Å². The standard InChI is InChI=1S/C12H19NO3/c14-8-11(9-15)13-7-12(16)6-10-4-2-1-3-5-10/h1-5,11-16H,6-9H2/t12-/m1/s1. The average Bonchev–Trinajstić information content (AvgIpc) is 2.31. The van der Waals surface area contributed by atoms with Crippen molar-refractivity contribution < 1.29 is 15.3 Å². The van der Waals surface area contributed by atoms with Crippen molar-refractivity contribution in [3.05, 3.63) is 35.9 Å².